The summed E-state index contributed by atoms with van der Waals surface area (Å²) >= 11 is 9.25. The fourth-order valence-corrected chi connectivity index (χ4v) is 2.57. The highest BCUT2D eigenvalue weighted by atomic mass is 79.9. The van der Waals surface area contributed by atoms with Crippen molar-refractivity contribution in [3.8, 4) is 0 Å². The molecule has 0 saturated carbocycles. The second-order valence-electron chi connectivity index (χ2n) is 3.80. The normalized spacial score (nSPS) is 11.1. The quantitative estimate of drug-likeness (QED) is 0.700. The van der Waals surface area contributed by atoms with Crippen molar-refractivity contribution in [1.82, 2.24) is 0 Å². The lowest BCUT2D eigenvalue weighted by molar-refractivity contribution is -0.137. The molecule has 3 nitrogen and oxygen atoms in total. The molecule has 0 fully saturated rings. The molecule has 1 aromatic rings. The Morgan fingerprint density at radius 3 is 2.47 bits per heavy atom. The molecule has 0 aliphatic rings. The molecule has 1 N–H and O–H groups in total. The van der Waals surface area contributed by atoms with Gasteiger partial charge < -0.3 is 14.8 Å². The zero-order valence-electron chi connectivity index (χ0n) is 11.0. The van der Waals surface area contributed by atoms with Crippen molar-refractivity contribution >= 4 is 33.2 Å². The van der Waals surface area contributed by atoms with Gasteiger partial charge in [0.15, 0.2) is 6.29 Å². The lowest BCUT2D eigenvalue weighted by atomic mass is 10.3. The maximum atomic E-state index is 13.1. The number of hydrogen-bond acceptors (Lipinski definition) is 3. The van der Waals surface area contributed by atoms with Crippen LogP contribution in [0.25, 0.3) is 0 Å². The Morgan fingerprint density at radius 1 is 1.32 bits per heavy atom. The summed E-state index contributed by atoms with van der Waals surface area (Å²) in [5.74, 6) is -0.371. The minimum atomic E-state index is -0.371. The van der Waals surface area contributed by atoms with Crippen LogP contribution in [-0.2, 0) is 9.47 Å². The average molecular weight is 355 g/mol. The molecule has 0 bridgehead atoms. The monoisotopic (exact) mass is 353 g/mol. The Kier molecular flexibility index (Phi) is 7.68. The third-order valence-corrected chi connectivity index (χ3v) is 3.32. The van der Waals surface area contributed by atoms with Crippen LogP contribution in [0.15, 0.2) is 16.6 Å². The fourth-order valence-electron chi connectivity index (χ4n) is 1.61. The number of ether oxygens (including phenoxy) is 2. The lowest BCUT2D eigenvalue weighted by Gasteiger charge is -2.18. The topological polar surface area (TPSA) is 30.5 Å². The van der Waals surface area contributed by atoms with Crippen molar-refractivity contribution in [2.75, 3.05) is 25.1 Å². The lowest BCUT2D eigenvalue weighted by Crippen LogP contribution is -2.21. The minimum Gasteiger partial charge on any atom is -0.383 e. The first-order valence-corrected chi connectivity index (χ1v) is 7.37. The summed E-state index contributed by atoms with van der Waals surface area (Å²) in [6.07, 6.45) is 0.447. The summed E-state index contributed by atoms with van der Waals surface area (Å²) in [5, 5.41) is 3.49. The molecule has 1 rings (SSSR count). The van der Waals surface area contributed by atoms with Gasteiger partial charge in [-0.05, 0) is 41.9 Å². The van der Waals surface area contributed by atoms with Crippen LogP contribution < -0.4 is 5.32 Å². The van der Waals surface area contributed by atoms with Gasteiger partial charge in [0, 0.05) is 30.7 Å². The molecule has 1 aromatic carbocycles. The smallest absolute Gasteiger partial charge is 0.159 e. The van der Waals surface area contributed by atoms with Crippen LogP contribution in [0.5, 0.6) is 0 Å². The van der Waals surface area contributed by atoms with Gasteiger partial charge >= 0.3 is 0 Å². The van der Waals surface area contributed by atoms with E-state index in [1.165, 1.54) is 12.1 Å². The van der Waals surface area contributed by atoms with E-state index in [1.54, 1.807) is 0 Å². The van der Waals surface area contributed by atoms with Gasteiger partial charge in [0.05, 0.1) is 10.7 Å². The van der Waals surface area contributed by atoms with Gasteiger partial charge in [-0.3, -0.25) is 0 Å². The highest BCUT2D eigenvalue weighted by Gasteiger charge is 2.10. The van der Waals surface area contributed by atoms with Crippen LogP contribution in [0, 0.1) is 5.82 Å². The molecule has 0 saturated heterocycles. The molecule has 0 aliphatic heterocycles. The van der Waals surface area contributed by atoms with Crippen molar-refractivity contribution in [3.63, 3.8) is 0 Å². The number of halogens is 3. The summed E-state index contributed by atoms with van der Waals surface area (Å²) in [6.45, 7) is 5.67. The largest absolute Gasteiger partial charge is 0.383 e. The predicted molar refractivity (Wildman–Crippen MR) is 79.3 cm³/mol. The van der Waals surface area contributed by atoms with Gasteiger partial charge in [0.1, 0.15) is 5.82 Å². The maximum Gasteiger partial charge on any atom is 0.159 e. The van der Waals surface area contributed by atoms with Crippen LogP contribution in [0.1, 0.15) is 20.3 Å². The molecule has 0 amide bonds. The van der Waals surface area contributed by atoms with E-state index >= 15 is 0 Å². The Morgan fingerprint density at radius 2 is 1.95 bits per heavy atom. The number of anilines is 1. The van der Waals surface area contributed by atoms with Gasteiger partial charge in [-0.2, -0.15) is 0 Å². The van der Waals surface area contributed by atoms with E-state index in [0.29, 0.717) is 41.4 Å². The van der Waals surface area contributed by atoms with Gasteiger partial charge in [-0.15, -0.1) is 0 Å². The number of hydrogen-bond donors (Lipinski definition) is 1. The second-order valence-corrected chi connectivity index (χ2v) is 5.06. The van der Waals surface area contributed by atoms with Crippen molar-refractivity contribution in [2.24, 2.45) is 0 Å². The van der Waals surface area contributed by atoms with Crippen molar-refractivity contribution < 1.29 is 13.9 Å². The highest BCUT2D eigenvalue weighted by molar-refractivity contribution is 9.10. The van der Waals surface area contributed by atoms with E-state index in [2.05, 4.69) is 21.2 Å². The minimum absolute atomic E-state index is 0.236. The van der Waals surface area contributed by atoms with Crippen LogP contribution in [0.3, 0.4) is 0 Å². The molecular weight excluding hydrogens is 337 g/mol. The molecule has 0 unspecified atom stereocenters. The number of benzene rings is 1. The molecule has 0 aliphatic carbocycles. The number of rotatable bonds is 8. The summed E-state index contributed by atoms with van der Waals surface area (Å²) in [4.78, 5) is 0. The summed E-state index contributed by atoms with van der Waals surface area (Å²) in [6, 6.07) is 2.65. The van der Waals surface area contributed by atoms with E-state index in [0.717, 1.165) is 0 Å². The summed E-state index contributed by atoms with van der Waals surface area (Å²) < 4.78 is 24.5. The zero-order chi connectivity index (χ0) is 14.3. The highest BCUT2D eigenvalue weighted by Crippen LogP contribution is 2.31. The standard InChI is InChI=1S/C13H18BrClFNO2/c1-3-18-12(19-4-2)5-6-17-13-10(14)7-9(16)8-11(13)15/h7-8,12,17H,3-6H2,1-2H3. The Hall–Kier alpha value is -0.360. The molecule has 6 heteroatoms. The summed E-state index contributed by atoms with van der Waals surface area (Å²) in [5.41, 5.74) is 0.676. The molecular formula is C13H18BrClFNO2. The van der Waals surface area contributed by atoms with Crippen LogP contribution in [-0.4, -0.2) is 26.0 Å². The molecule has 0 aromatic heterocycles. The van der Waals surface area contributed by atoms with E-state index in [1.807, 2.05) is 13.8 Å². The van der Waals surface area contributed by atoms with Gasteiger partial charge in [0.25, 0.3) is 0 Å². The first-order chi connectivity index (χ1) is 9.08. The van der Waals surface area contributed by atoms with Gasteiger partial charge in [-0.1, -0.05) is 11.6 Å². The first-order valence-electron chi connectivity index (χ1n) is 6.20. The average Bonchev–Trinajstić information content (AvgIpc) is 2.32. The predicted octanol–water partition coefficient (Wildman–Crippen LogP) is 4.44. The molecule has 19 heavy (non-hydrogen) atoms. The van der Waals surface area contributed by atoms with E-state index in [4.69, 9.17) is 21.1 Å². The Labute approximate surface area is 126 Å². The van der Waals surface area contributed by atoms with Crippen LogP contribution in [0.2, 0.25) is 5.02 Å². The van der Waals surface area contributed by atoms with E-state index in [-0.39, 0.29) is 12.1 Å². The molecule has 0 spiro atoms. The molecule has 0 radical (unpaired) electrons. The van der Waals surface area contributed by atoms with E-state index in [9.17, 15) is 4.39 Å². The number of nitrogens with one attached hydrogen (secondary N) is 1. The van der Waals surface area contributed by atoms with Crippen molar-refractivity contribution in [1.29, 1.82) is 0 Å². The van der Waals surface area contributed by atoms with Gasteiger partial charge in [-0.25, -0.2) is 4.39 Å². The van der Waals surface area contributed by atoms with E-state index < -0.39 is 0 Å². The maximum absolute atomic E-state index is 13.1. The zero-order valence-corrected chi connectivity index (χ0v) is 13.4. The Bertz CT molecular complexity index is 377. The SMILES string of the molecule is CCOC(CCNc1c(Cl)cc(F)cc1Br)OCC. The fraction of sp³-hybridized carbons (Fsp3) is 0.538. The third-order valence-electron chi connectivity index (χ3n) is 2.39. The second kappa shape index (κ2) is 8.74. The molecule has 0 atom stereocenters. The first kappa shape index (κ1) is 16.7. The van der Waals surface area contributed by atoms with Crippen LogP contribution in [0.4, 0.5) is 10.1 Å². The van der Waals surface area contributed by atoms with Crippen molar-refractivity contribution in [2.45, 2.75) is 26.6 Å². The molecule has 108 valence electrons. The van der Waals surface area contributed by atoms with Crippen molar-refractivity contribution in [3.05, 3.63) is 27.4 Å². The summed E-state index contributed by atoms with van der Waals surface area (Å²) in [7, 11) is 0. The Balaban J connectivity index is 2.52. The molecule has 0 heterocycles. The van der Waals surface area contributed by atoms with Crippen LogP contribution >= 0.6 is 27.5 Å². The van der Waals surface area contributed by atoms with Gasteiger partial charge in [0.2, 0.25) is 0 Å². The third kappa shape index (κ3) is 5.65.